The fraction of sp³-hybridized carbons (Fsp3) is 0.500. The molecule has 3 nitrogen and oxygen atoms in total. The molecule has 1 N–H and O–H groups in total. The minimum Gasteiger partial charge on any atom is -0.309 e. The first-order chi connectivity index (χ1) is 8.06. The predicted molar refractivity (Wildman–Crippen MR) is 72.2 cm³/mol. The summed E-state index contributed by atoms with van der Waals surface area (Å²) < 4.78 is 22.1. The van der Waals surface area contributed by atoms with E-state index in [1.165, 1.54) is 16.7 Å². The van der Waals surface area contributed by atoms with Gasteiger partial charge < -0.3 is 5.32 Å². The van der Waals surface area contributed by atoms with Crippen LogP contribution in [0.3, 0.4) is 0 Å². The Balaban J connectivity index is 1.99. The fourth-order valence-electron chi connectivity index (χ4n) is 1.97. The summed E-state index contributed by atoms with van der Waals surface area (Å²) in [6.07, 6.45) is 2.34. The van der Waals surface area contributed by atoms with E-state index in [1.54, 1.807) is 0 Å². The molecule has 0 spiro atoms. The molecular weight excluding hydrogens is 254 g/mol. The number of sulfone groups is 1. The van der Waals surface area contributed by atoms with Gasteiger partial charge in [0.15, 0.2) is 0 Å². The van der Waals surface area contributed by atoms with Crippen LogP contribution >= 0.6 is 11.8 Å². The number of nitrogens with one attached hydrogen (secondary N) is 1. The molecule has 1 aromatic carbocycles. The van der Waals surface area contributed by atoms with Crippen LogP contribution in [0.1, 0.15) is 18.0 Å². The summed E-state index contributed by atoms with van der Waals surface area (Å²) in [5, 5.41) is 3.34. The number of rotatable bonds is 4. The van der Waals surface area contributed by atoms with Crippen molar-refractivity contribution in [2.45, 2.75) is 17.4 Å². The zero-order chi connectivity index (χ0) is 12.3. The van der Waals surface area contributed by atoms with Crippen LogP contribution in [0.4, 0.5) is 0 Å². The first kappa shape index (κ1) is 12.9. The summed E-state index contributed by atoms with van der Waals surface area (Å²) in [7, 11) is -2.87. The van der Waals surface area contributed by atoms with E-state index in [0.717, 1.165) is 12.2 Å². The van der Waals surface area contributed by atoms with Gasteiger partial charge >= 0.3 is 0 Å². The maximum atomic E-state index is 11.1. The molecule has 0 saturated carbocycles. The lowest BCUT2D eigenvalue weighted by molar-refractivity contribution is 0.523. The highest BCUT2D eigenvalue weighted by Gasteiger charge is 2.19. The van der Waals surface area contributed by atoms with Crippen molar-refractivity contribution in [1.82, 2.24) is 5.32 Å². The van der Waals surface area contributed by atoms with Crippen LogP contribution in [-0.2, 0) is 9.84 Å². The Hall–Kier alpha value is -0.520. The molecule has 5 heteroatoms. The van der Waals surface area contributed by atoms with Gasteiger partial charge in [-0.3, -0.25) is 0 Å². The molecule has 2 rings (SSSR count). The maximum absolute atomic E-state index is 11.1. The van der Waals surface area contributed by atoms with Crippen molar-refractivity contribution in [1.29, 1.82) is 0 Å². The highest BCUT2D eigenvalue weighted by atomic mass is 32.2. The smallest absolute Gasteiger partial charge is 0.148 e. The average Bonchev–Trinajstić information content (AvgIpc) is 2.28. The second-order valence-electron chi connectivity index (χ2n) is 4.31. The Bertz CT molecular complexity index is 485. The van der Waals surface area contributed by atoms with Gasteiger partial charge in [0.1, 0.15) is 9.84 Å². The molecule has 1 unspecified atom stereocenters. The molecule has 0 bridgehead atoms. The second-order valence-corrected chi connectivity index (χ2v) is 7.71. The third-order valence-electron chi connectivity index (χ3n) is 2.82. The van der Waals surface area contributed by atoms with E-state index in [-0.39, 0.29) is 5.75 Å². The van der Waals surface area contributed by atoms with E-state index in [1.807, 2.05) is 23.9 Å². The first-order valence-electron chi connectivity index (χ1n) is 5.69. The van der Waals surface area contributed by atoms with Crippen molar-refractivity contribution < 1.29 is 8.42 Å². The molecular formula is C12H17NO2S2. The number of benzene rings is 1. The average molecular weight is 271 g/mol. The minimum absolute atomic E-state index is 0.207. The van der Waals surface area contributed by atoms with E-state index in [2.05, 4.69) is 17.4 Å². The van der Waals surface area contributed by atoms with Gasteiger partial charge in [-0.15, -0.1) is 11.8 Å². The number of hydrogen-bond acceptors (Lipinski definition) is 4. The Kier molecular flexibility index (Phi) is 4.12. The van der Waals surface area contributed by atoms with Gasteiger partial charge in [0.2, 0.25) is 0 Å². The lowest BCUT2D eigenvalue weighted by Crippen LogP contribution is -2.29. The van der Waals surface area contributed by atoms with Crippen molar-refractivity contribution in [2.24, 2.45) is 0 Å². The summed E-state index contributed by atoms with van der Waals surface area (Å²) in [5.74, 6) is 1.30. The van der Waals surface area contributed by atoms with Gasteiger partial charge in [-0.25, -0.2) is 8.42 Å². The molecule has 1 heterocycles. The quantitative estimate of drug-likeness (QED) is 0.908. The highest BCUT2D eigenvalue weighted by Crippen LogP contribution is 2.35. The fourth-order valence-corrected chi connectivity index (χ4v) is 3.59. The van der Waals surface area contributed by atoms with Crippen molar-refractivity contribution in [3.63, 3.8) is 0 Å². The van der Waals surface area contributed by atoms with E-state index >= 15 is 0 Å². The normalized spacial score (nSPS) is 19.9. The zero-order valence-corrected chi connectivity index (χ0v) is 11.5. The summed E-state index contributed by atoms with van der Waals surface area (Å²) in [5.41, 5.74) is 1.30. The molecule has 0 amide bonds. The zero-order valence-electron chi connectivity index (χ0n) is 9.85. The van der Waals surface area contributed by atoms with Crippen molar-refractivity contribution in [2.75, 3.05) is 24.3 Å². The molecule has 0 aliphatic carbocycles. The molecule has 1 aliphatic rings. The van der Waals surface area contributed by atoms with E-state index in [9.17, 15) is 8.42 Å². The third kappa shape index (κ3) is 3.72. The Morgan fingerprint density at radius 1 is 1.41 bits per heavy atom. The topological polar surface area (TPSA) is 46.2 Å². The number of thioether (sulfide) groups is 1. The molecule has 94 valence electrons. The van der Waals surface area contributed by atoms with Crippen LogP contribution in [0.5, 0.6) is 0 Å². The van der Waals surface area contributed by atoms with Crippen LogP contribution in [-0.4, -0.2) is 32.7 Å². The second kappa shape index (κ2) is 5.42. The molecule has 17 heavy (non-hydrogen) atoms. The molecule has 1 atom stereocenters. The Labute approximate surface area is 107 Å². The van der Waals surface area contributed by atoms with Crippen LogP contribution in [0.15, 0.2) is 29.2 Å². The maximum Gasteiger partial charge on any atom is 0.148 e. The van der Waals surface area contributed by atoms with Crippen LogP contribution in [0.25, 0.3) is 0 Å². The van der Waals surface area contributed by atoms with Gasteiger partial charge in [-0.1, -0.05) is 18.2 Å². The van der Waals surface area contributed by atoms with Gasteiger partial charge in [-0.2, -0.15) is 0 Å². The van der Waals surface area contributed by atoms with Crippen LogP contribution < -0.4 is 5.32 Å². The Morgan fingerprint density at radius 3 is 2.94 bits per heavy atom. The molecule has 1 aromatic rings. The van der Waals surface area contributed by atoms with Gasteiger partial charge in [0, 0.05) is 23.7 Å². The number of fused-ring (bicyclic) bond motifs is 1. The lowest BCUT2D eigenvalue weighted by atomic mass is 10.0. The molecule has 0 saturated heterocycles. The van der Waals surface area contributed by atoms with E-state index in [4.69, 9.17) is 0 Å². The van der Waals surface area contributed by atoms with Gasteiger partial charge in [0.05, 0.1) is 5.75 Å². The van der Waals surface area contributed by atoms with Gasteiger partial charge in [-0.05, 0) is 23.8 Å². The van der Waals surface area contributed by atoms with Crippen molar-refractivity contribution >= 4 is 21.6 Å². The molecule has 1 aliphatic heterocycles. The lowest BCUT2D eigenvalue weighted by Gasteiger charge is -2.25. The summed E-state index contributed by atoms with van der Waals surface area (Å²) in [6, 6.07) is 8.64. The molecule has 0 fully saturated rings. The summed E-state index contributed by atoms with van der Waals surface area (Å²) in [4.78, 5) is 1.32. The molecule has 0 aromatic heterocycles. The predicted octanol–water partition coefficient (Wildman–Crippen LogP) is 1.86. The highest BCUT2D eigenvalue weighted by molar-refractivity contribution is 7.99. The first-order valence-corrected chi connectivity index (χ1v) is 8.74. The summed E-state index contributed by atoms with van der Waals surface area (Å²) in [6.45, 7) is 0.530. The SMILES string of the molecule is CS(=O)(=O)CCNC1CCSc2ccccc21. The Morgan fingerprint density at radius 2 is 2.18 bits per heavy atom. The van der Waals surface area contributed by atoms with Crippen LogP contribution in [0.2, 0.25) is 0 Å². The van der Waals surface area contributed by atoms with Gasteiger partial charge in [0.25, 0.3) is 0 Å². The van der Waals surface area contributed by atoms with E-state index < -0.39 is 9.84 Å². The van der Waals surface area contributed by atoms with Crippen LogP contribution in [0, 0.1) is 0 Å². The summed E-state index contributed by atoms with van der Waals surface area (Å²) >= 11 is 1.87. The van der Waals surface area contributed by atoms with Crippen molar-refractivity contribution in [3.8, 4) is 0 Å². The number of hydrogen-bond donors (Lipinski definition) is 1. The standard InChI is InChI=1S/C12H17NO2S2/c1-17(14,15)9-7-13-11-6-8-16-12-5-3-2-4-10(11)12/h2-5,11,13H,6-9H2,1H3. The minimum atomic E-state index is -2.87. The van der Waals surface area contributed by atoms with E-state index in [0.29, 0.717) is 12.6 Å². The molecule has 0 radical (unpaired) electrons. The van der Waals surface area contributed by atoms with Crippen molar-refractivity contribution in [3.05, 3.63) is 29.8 Å². The monoisotopic (exact) mass is 271 g/mol. The third-order valence-corrected chi connectivity index (χ3v) is 4.89. The largest absolute Gasteiger partial charge is 0.309 e.